The SMILES string of the molecule is NC(=O)c1ccc(N)c(NC2CCc3ccccc3C2)c1. The highest BCUT2D eigenvalue weighted by molar-refractivity contribution is 5.94. The number of hydrogen-bond acceptors (Lipinski definition) is 3. The minimum absolute atomic E-state index is 0.324. The fourth-order valence-corrected chi connectivity index (χ4v) is 2.88. The van der Waals surface area contributed by atoms with Gasteiger partial charge in [0.2, 0.25) is 5.91 Å². The first kappa shape index (κ1) is 13.5. The molecule has 1 amide bonds. The van der Waals surface area contributed by atoms with Crippen molar-refractivity contribution in [1.29, 1.82) is 0 Å². The summed E-state index contributed by atoms with van der Waals surface area (Å²) in [6.07, 6.45) is 3.08. The summed E-state index contributed by atoms with van der Waals surface area (Å²) in [7, 11) is 0. The van der Waals surface area contributed by atoms with Gasteiger partial charge in [0.15, 0.2) is 0 Å². The van der Waals surface area contributed by atoms with Gasteiger partial charge in [-0.05, 0) is 48.6 Å². The molecular weight excluding hydrogens is 262 g/mol. The number of anilines is 2. The number of benzene rings is 2. The number of fused-ring (bicyclic) bond motifs is 1. The second-order valence-electron chi connectivity index (χ2n) is 5.52. The van der Waals surface area contributed by atoms with E-state index in [4.69, 9.17) is 11.5 Å². The minimum Gasteiger partial charge on any atom is -0.397 e. The average molecular weight is 281 g/mol. The van der Waals surface area contributed by atoms with E-state index in [9.17, 15) is 4.79 Å². The zero-order chi connectivity index (χ0) is 14.8. The Kier molecular flexibility index (Phi) is 3.52. The lowest BCUT2D eigenvalue weighted by Crippen LogP contribution is -2.27. The molecule has 0 heterocycles. The van der Waals surface area contributed by atoms with Gasteiger partial charge >= 0.3 is 0 Å². The van der Waals surface area contributed by atoms with Crippen molar-refractivity contribution in [3.05, 3.63) is 59.2 Å². The molecular formula is C17H19N3O. The molecule has 4 heteroatoms. The first-order chi connectivity index (χ1) is 10.1. The second kappa shape index (κ2) is 5.48. The molecule has 0 aromatic heterocycles. The lowest BCUT2D eigenvalue weighted by Gasteiger charge is -2.27. The Morgan fingerprint density at radius 3 is 2.67 bits per heavy atom. The Morgan fingerprint density at radius 1 is 1.14 bits per heavy atom. The van der Waals surface area contributed by atoms with Gasteiger partial charge in [0.05, 0.1) is 11.4 Å². The van der Waals surface area contributed by atoms with Crippen molar-refractivity contribution in [2.24, 2.45) is 5.73 Å². The highest BCUT2D eigenvalue weighted by Crippen LogP contribution is 2.26. The number of carbonyl (C=O) groups excluding carboxylic acids is 1. The molecule has 0 aliphatic heterocycles. The van der Waals surface area contributed by atoms with E-state index in [1.807, 2.05) is 0 Å². The van der Waals surface area contributed by atoms with Gasteiger partial charge in [-0.25, -0.2) is 0 Å². The summed E-state index contributed by atoms with van der Waals surface area (Å²) in [4.78, 5) is 11.3. The molecule has 1 aliphatic carbocycles. The third kappa shape index (κ3) is 2.84. The van der Waals surface area contributed by atoms with E-state index in [1.54, 1.807) is 18.2 Å². The molecule has 4 nitrogen and oxygen atoms in total. The van der Waals surface area contributed by atoms with Crippen LogP contribution in [-0.4, -0.2) is 11.9 Å². The standard InChI is InChI=1S/C17H19N3O/c18-15-8-6-13(17(19)21)10-16(15)20-14-7-5-11-3-1-2-4-12(11)9-14/h1-4,6,8,10,14,20H,5,7,9,18H2,(H2,19,21). The van der Waals surface area contributed by atoms with E-state index in [1.165, 1.54) is 11.1 Å². The largest absolute Gasteiger partial charge is 0.397 e. The summed E-state index contributed by atoms with van der Waals surface area (Å²) in [6.45, 7) is 0. The van der Waals surface area contributed by atoms with Crippen LogP contribution in [-0.2, 0) is 12.8 Å². The van der Waals surface area contributed by atoms with E-state index < -0.39 is 5.91 Å². The van der Waals surface area contributed by atoms with E-state index in [2.05, 4.69) is 29.6 Å². The molecule has 108 valence electrons. The maximum absolute atomic E-state index is 11.3. The second-order valence-corrected chi connectivity index (χ2v) is 5.52. The molecule has 1 atom stereocenters. The molecule has 1 aliphatic rings. The van der Waals surface area contributed by atoms with Crippen molar-refractivity contribution in [1.82, 2.24) is 0 Å². The first-order valence-corrected chi connectivity index (χ1v) is 7.16. The average Bonchev–Trinajstić information content (AvgIpc) is 2.49. The van der Waals surface area contributed by atoms with Crippen molar-refractivity contribution in [3.63, 3.8) is 0 Å². The van der Waals surface area contributed by atoms with Gasteiger partial charge in [-0.15, -0.1) is 0 Å². The molecule has 2 aromatic carbocycles. The Morgan fingerprint density at radius 2 is 1.90 bits per heavy atom. The first-order valence-electron chi connectivity index (χ1n) is 7.16. The Labute approximate surface area is 124 Å². The van der Waals surface area contributed by atoms with Crippen LogP contribution in [0, 0.1) is 0 Å². The summed E-state index contributed by atoms with van der Waals surface area (Å²) in [5, 5.41) is 3.45. The van der Waals surface area contributed by atoms with Crippen LogP contribution in [0.5, 0.6) is 0 Å². The van der Waals surface area contributed by atoms with Crippen LogP contribution < -0.4 is 16.8 Å². The van der Waals surface area contributed by atoms with Gasteiger partial charge in [-0.3, -0.25) is 4.79 Å². The Bertz CT molecular complexity index is 681. The van der Waals surface area contributed by atoms with Crippen molar-refractivity contribution < 1.29 is 4.79 Å². The predicted octanol–water partition coefficient (Wildman–Crippen LogP) is 2.34. The summed E-state index contributed by atoms with van der Waals surface area (Å²) < 4.78 is 0. The van der Waals surface area contributed by atoms with Gasteiger partial charge in [0.1, 0.15) is 0 Å². The normalized spacial score (nSPS) is 17.0. The topological polar surface area (TPSA) is 81.1 Å². The van der Waals surface area contributed by atoms with Crippen LogP contribution in [0.2, 0.25) is 0 Å². The number of nitrogen functional groups attached to an aromatic ring is 1. The highest BCUT2D eigenvalue weighted by Gasteiger charge is 2.19. The summed E-state index contributed by atoms with van der Waals surface area (Å²) in [5.74, 6) is -0.438. The van der Waals surface area contributed by atoms with E-state index in [0.717, 1.165) is 24.9 Å². The lowest BCUT2D eigenvalue weighted by molar-refractivity contribution is 0.100. The van der Waals surface area contributed by atoms with Gasteiger partial charge in [0, 0.05) is 11.6 Å². The zero-order valence-electron chi connectivity index (χ0n) is 11.8. The summed E-state index contributed by atoms with van der Waals surface area (Å²) >= 11 is 0. The van der Waals surface area contributed by atoms with Crippen LogP contribution in [0.4, 0.5) is 11.4 Å². The van der Waals surface area contributed by atoms with E-state index in [-0.39, 0.29) is 0 Å². The highest BCUT2D eigenvalue weighted by atomic mass is 16.1. The molecule has 0 spiro atoms. The molecule has 5 N–H and O–H groups in total. The van der Waals surface area contributed by atoms with Gasteiger partial charge < -0.3 is 16.8 Å². The number of rotatable bonds is 3. The molecule has 1 unspecified atom stereocenters. The Hall–Kier alpha value is -2.49. The van der Waals surface area contributed by atoms with Crippen LogP contribution in [0.25, 0.3) is 0 Å². The fourth-order valence-electron chi connectivity index (χ4n) is 2.88. The lowest BCUT2D eigenvalue weighted by atomic mass is 9.88. The predicted molar refractivity (Wildman–Crippen MR) is 85.3 cm³/mol. The number of carbonyl (C=O) groups is 1. The maximum atomic E-state index is 11.3. The number of nitrogens with two attached hydrogens (primary N) is 2. The monoisotopic (exact) mass is 281 g/mol. The van der Waals surface area contributed by atoms with Crippen LogP contribution in [0.3, 0.4) is 0 Å². The Balaban J connectivity index is 1.79. The molecule has 0 bridgehead atoms. The molecule has 0 radical (unpaired) electrons. The summed E-state index contributed by atoms with van der Waals surface area (Å²) in [5.41, 5.74) is 16.0. The molecule has 3 rings (SSSR count). The maximum Gasteiger partial charge on any atom is 0.248 e. The minimum atomic E-state index is -0.438. The van der Waals surface area contributed by atoms with E-state index >= 15 is 0 Å². The zero-order valence-corrected chi connectivity index (χ0v) is 11.8. The summed E-state index contributed by atoms with van der Waals surface area (Å²) in [6, 6.07) is 13.9. The number of hydrogen-bond donors (Lipinski definition) is 3. The third-order valence-electron chi connectivity index (χ3n) is 4.04. The van der Waals surface area contributed by atoms with Crippen molar-refractivity contribution in [3.8, 4) is 0 Å². The fraction of sp³-hybridized carbons (Fsp3) is 0.235. The molecule has 0 fully saturated rings. The molecule has 2 aromatic rings. The number of primary amides is 1. The third-order valence-corrected chi connectivity index (χ3v) is 4.04. The van der Waals surface area contributed by atoms with Crippen molar-refractivity contribution >= 4 is 17.3 Å². The smallest absolute Gasteiger partial charge is 0.248 e. The molecule has 21 heavy (non-hydrogen) atoms. The van der Waals surface area contributed by atoms with Crippen LogP contribution >= 0.6 is 0 Å². The van der Waals surface area contributed by atoms with E-state index in [0.29, 0.717) is 17.3 Å². The van der Waals surface area contributed by atoms with Crippen LogP contribution in [0.15, 0.2) is 42.5 Å². The molecule has 0 saturated heterocycles. The number of amides is 1. The van der Waals surface area contributed by atoms with Crippen molar-refractivity contribution in [2.45, 2.75) is 25.3 Å². The van der Waals surface area contributed by atoms with Crippen molar-refractivity contribution in [2.75, 3.05) is 11.1 Å². The van der Waals surface area contributed by atoms with Gasteiger partial charge in [-0.2, -0.15) is 0 Å². The van der Waals surface area contributed by atoms with Crippen LogP contribution in [0.1, 0.15) is 27.9 Å². The van der Waals surface area contributed by atoms with Gasteiger partial charge in [0.25, 0.3) is 0 Å². The quantitative estimate of drug-likeness (QED) is 0.755. The number of aryl methyl sites for hydroxylation is 1. The van der Waals surface area contributed by atoms with Gasteiger partial charge in [-0.1, -0.05) is 24.3 Å². The number of nitrogens with one attached hydrogen (secondary N) is 1. The molecule has 0 saturated carbocycles.